The molecule has 0 unspecified atom stereocenters. The maximum atomic E-state index is 8.43. The maximum absolute atomic E-state index is 8.43. The summed E-state index contributed by atoms with van der Waals surface area (Å²) in [4.78, 5) is 0. The molecule has 0 aliphatic carbocycles. The van der Waals surface area contributed by atoms with E-state index in [4.69, 9.17) is 26.3 Å². The third-order valence-corrected chi connectivity index (χ3v) is 2.46. The van der Waals surface area contributed by atoms with E-state index >= 15 is 0 Å². The molecule has 0 aromatic heterocycles. The highest BCUT2D eigenvalue weighted by molar-refractivity contribution is 6.17. The molecule has 0 aliphatic heterocycles. The Morgan fingerprint density at radius 3 is 2.76 bits per heavy atom. The average molecular weight is 254 g/mol. The van der Waals surface area contributed by atoms with Crippen molar-refractivity contribution in [3.8, 4) is 17.6 Å². The van der Waals surface area contributed by atoms with Crippen LogP contribution in [0.15, 0.2) is 18.2 Å². The first-order valence-corrected chi connectivity index (χ1v) is 6.16. The predicted octanol–water partition coefficient (Wildman–Crippen LogP) is 3.51. The molecule has 0 amide bonds. The Balaban J connectivity index is 2.66. The second kappa shape index (κ2) is 7.81. The first-order valence-electron chi connectivity index (χ1n) is 5.63. The molecule has 0 heterocycles. The van der Waals surface area contributed by atoms with Gasteiger partial charge in [0.1, 0.15) is 0 Å². The summed E-state index contributed by atoms with van der Waals surface area (Å²) >= 11 is 5.76. The Kier molecular flexibility index (Phi) is 6.27. The smallest absolute Gasteiger partial charge is 0.161 e. The lowest BCUT2D eigenvalue weighted by Gasteiger charge is -2.12. The van der Waals surface area contributed by atoms with Crippen LogP contribution in [0.4, 0.5) is 0 Å². The highest BCUT2D eigenvalue weighted by atomic mass is 35.5. The molecule has 0 spiro atoms. The van der Waals surface area contributed by atoms with Gasteiger partial charge in [-0.2, -0.15) is 5.26 Å². The van der Waals surface area contributed by atoms with E-state index in [1.54, 1.807) is 0 Å². The van der Waals surface area contributed by atoms with Gasteiger partial charge < -0.3 is 9.47 Å². The molecule has 3 nitrogen and oxygen atoms in total. The van der Waals surface area contributed by atoms with Crippen LogP contribution in [-0.4, -0.2) is 13.2 Å². The Morgan fingerprint density at radius 2 is 2.12 bits per heavy atom. The number of alkyl halides is 1. The van der Waals surface area contributed by atoms with Gasteiger partial charge in [0.15, 0.2) is 11.5 Å². The van der Waals surface area contributed by atoms with Crippen LogP contribution >= 0.6 is 11.6 Å². The van der Waals surface area contributed by atoms with Gasteiger partial charge in [-0.1, -0.05) is 6.07 Å². The van der Waals surface area contributed by atoms with Crippen LogP contribution in [-0.2, 0) is 5.88 Å². The minimum Gasteiger partial charge on any atom is -0.490 e. The standard InChI is InChI=1S/C13H16ClNO2/c1-2-16-13-9-11(10-14)5-6-12(13)17-8-4-3-7-15/h5-6,9H,2-4,8,10H2,1H3. The number of hydrogen-bond donors (Lipinski definition) is 0. The third-order valence-electron chi connectivity index (χ3n) is 2.15. The molecule has 4 heteroatoms. The summed E-state index contributed by atoms with van der Waals surface area (Å²) in [7, 11) is 0. The fourth-order valence-electron chi connectivity index (χ4n) is 1.36. The zero-order chi connectivity index (χ0) is 12.5. The topological polar surface area (TPSA) is 42.2 Å². The monoisotopic (exact) mass is 253 g/mol. The van der Waals surface area contributed by atoms with Crippen molar-refractivity contribution in [2.75, 3.05) is 13.2 Å². The zero-order valence-corrected chi connectivity index (χ0v) is 10.7. The molecule has 0 bridgehead atoms. The van der Waals surface area contributed by atoms with Gasteiger partial charge >= 0.3 is 0 Å². The van der Waals surface area contributed by atoms with Gasteiger partial charge in [-0.05, 0) is 31.0 Å². The number of hydrogen-bond acceptors (Lipinski definition) is 3. The van der Waals surface area contributed by atoms with Crippen molar-refractivity contribution in [1.29, 1.82) is 5.26 Å². The van der Waals surface area contributed by atoms with Crippen LogP contribution in [0.5, 0.6) is 11.5 Å². The van der Waals surface area contributed by atoms with E-state index in [1.165, 1.54) is 0 Å². The summed E-state index contributed by atoms with van der Waals surface area (Å²) < 4.78 is 11.1. The summed E-state index contributed by atoms with van der Waals surface area (Å²) in [5.41, 5.74) is 1.000. The number of ether oxygens (including phenoxy) is 2. The van der Waals surface area contributed by atoms with Crippen LogP contribution in [0, 0.1) is 11.3 Å². The van der Waals surface area contributed by atoms with Gasteiger partial charge in [0.2, 0.25) is 0 Å². The molecule has 92 valence electrons. The Hall–Kier alpha value is -1.40. The highest BCUT2D eigenvalue weighted by Gasteiger charge is 2.05. The number of unbranched alkanes of at least 4 members (excludes halogenated alkanes) is 1. The van der Waals surface area contributed by atoms with Crippen molar-refractivity contribution in [1.82, 2.24) is 0 Å². The highest BCUT2D eigenvalue weighted by Crippen LogP contribution is 2.29. The van der Waals surface area contributed by atoms with Crippen LogP contribution in [0.2, 0.25) is 0 Å². The van der Waals surface area contributed by atoms with Gasteiger partial charge in [0, 0.05) is 12.3 Å². The molecule has 0 aliphatic rings. The molecular formula is C13H16ClNO2. The van der Waals surface area contributed by atoms with Crippen molar-refractivity contribution < 1.29 is 9.47 Å². The largest absolute Gasteiger partial charge is 0.490 e. The predicted molar refractivity (Wildman–Crippen MR) is 67.5 cm³/mol. The summed E-state index contributed by atoms with van der Waals surface area (Å²) in [6, 6.07) is 7.74. The van der Waals surface area contributed by atoms with E-state index in [-0.39, 0.29) is 0 Å². The van der Waals surface area contributed by atoms with E-state index in [1.807, 2.05) is 25.1 Å². The van der Waals surface area contributed by atoms with Gasteiger partial charge in [-0.25, -0.2) is 0 Å². The third kappa shape index (κ3) is 4.54. The molecule has 0 atom stereocenters. The molecule has 1 rings (SSSR count). The Morgan fingerprint density at radius 1 is 1.29 bits per heavy atom. The molecule has 1 aromatic carbocycles. The molecule has 0 saturated carbocycles. The Bertz CT molecular complexity index is 387. The molecule has 0 N–H and O–H groups in total. The maximum Gasteiger partial charge on any atom is 0.161 e. The van der Waals surface area contributed by atoms with E-state index in [0.717, 1.165) is 12.0 Å². The Labute approximate surface area is 107 Å². The molecule has 0 fully saturated rings. The lowest BCUT2D eigenvalue weighted by Crippen LogP contribution is -2.01. The van der Waals surface area contributed by atoms with E-state index < -0.39 is 0 Å². The van der Waals surface area contributed by atoms with Crippen molar-refractivity contribution in [2.45, 2.75) is 25.6 Å². The van der Waals surface area contributed by atoms with E-state index in [0.29, 0.717) is 37.0 Å². The van der Waals surface area contributed by atoms with E-state index in [2.05, 4.69) is 6.07 Å². The quantitative estimate of drug-likeness (QED) is 0.552. The van der Waals surface area contributed by atoms with Gasteiger partial charge in [-0.15, -0.1) is 11.6 Å². The second-order valence-electron chi connectivity index (χ2n) is 3.46. The van der Waals surface area contributed by atoms with Crippen molar-refractivity contribution in [3.05, 3.63) is 23.8 Å². The van der Waals surface area contributed by atoms with Crippen LogP contribution < -0.4 is 9.47 Å². The number of rotatable bonds is 7. The van der Waals surface area contributed by atoms with Gasteiger partial charge in [0.25, 0.3) is 0 Å². The first kappa shape index (κ1) is 13.7. The summed E-state index contributed by atoms with van der Waals surface area (Å²) in [5, 5.41) is 8.43. The second-order valence-corrected chi connectivity index (χ2v) is 3.73. The minimum atomic E-state index is 0.453. The average Bonchev–Trinajstić information content (AvgIpc) is 2.36. The summed E-state index contributed by atoms with van der Waals surface area (Å²) in [6.45, 7) is 3.03. The van der Waals surface area contributed by atoms with Crippen molar-refractivity contribution >= 4 is 11.6 Å². The van der Waals surface area contributed by atoms with Crippen molar-refractivity contribution in [2.24, 2.45) is 0 Å². The summed E-state index contributed by atoms with van der Waals surface area (Å²) in [5.74, 6) is 1.87. The number of nitrogens with zero attached hydrogens (tertiary/aromatic N) is 1. The van der Waals surface area contributed by atoms with Crippen LogP contribution in [0.25, 0.3) is 0 Å². The molecular weight excluding hydrogens is 238 g/mol. The number of halogens is 1. The lowest BCUT2D eigenvalue weighted by molar-refractivity contribution is 0.274. The SMILES string of the molecule is CCOc1cc(CCl)ccc1OCCCC#N. The van der Waals surface area contributed by atoms with Gasteiger partial charge in [0.05, 0.1) is 19.3 Å². The molecule has 0 radical (unpaired) electrons. The van der Waals surface area contributed by atoms with E-state index in [9.17, 15) is 0 Å². The minimum absolute atomic E-state index is 0.453. The fraction of sp³-hybridized carbons (Fsp3) is 0.462. The van der Waals surface area contributed by atoms with Crippen LogP contribution in [0.1, 0.15) is 25.3 Å². The number of nitriles is 1. The van der Waals surface area contributed by atoms with Crippen LogP contribution in [0.3, 0.4) is 0 Å². The molecule has 1 aromatic rings. The van der Waals surface area contributed by atoms with Gasteiger partial charge in [-0.3, -0.25) is 0 Å². The normalized spacial score (nSPS) is 9.71. The molecule has 0 saturated heterocycles. The first-order chi connectivity index (χ1) is 8.31. The fourth-order valence-corrected chi connectivity index (χ4v) is 1.52. The zero-order valence-electron chi connectivity index (χ0n) is 9.91. The molecule has 17 heavy (non-hydrogen) atoms. The summed E-state index contributed by atoms with van der Waals surface area (Å²) in [6.07, 6.45) is 1.23. The number of benzene rings is 1. The van der Waals surface area contributed by atoms with Crippen molar-refractivity contribution in [3.63, 3.8) is 0 Å². The lowest BCUT2D eigenvalue weighted by atomic mass is 10.2.